The number of hydrogen-bond donors (Lipinski definition) is 1. The van der Waals surface area contributed by atoms with Crippen LogP contribution in [0.1, 0.15) is 6.92 Å². The van der Waals surface area contributed by atoms with E-state index in [-0.39, 0.29) is 0 Å². The van der Waals surface area contributed by atoms with E-state index in [1.165, 1.54) is 0 Å². The lowest BCUT2D eigenvalue weighted by Gasteiger charge is -2.20. The molecule has 0 saturated carbocycles. The highest BCUT2D eigenvalue weighted by atomic mass is 16.5. The molecule has 0 radical (unpaired) electrons. The molecule has 1 aromatic heterocycles. The molecule has 84 valence electrons. The first-order valence-corrected chi connectivity index (χ1v) is 5.04. The van der Waals surface area contributed by atoms with Gasteiger partial charge in [0.15, 0.2) is 11.6 Å². The molecule has 4 nitrogen and oxygen atoms in total. The molecule has 0 aliphatic rings. The van der Waals surface area contributed by atoms with E-state index < -0.39 is 0 Å². The van der Waals surface area contributed by atoms with Gasteiger partial charge in [0, 0.05) is 18.8 Å². The van der Waals surface area contributed by atoms with Crippen molar-refractivity contribution >= 4 is 5.82 Å². The molecule has 1 aromatic rings. The Labute approximate surface area is 91.3 Å². The predicted octanol–water partition coefficient (Wildman–Crippen LogP) is 1.45. The molecule has 0 bridgehead atoms. The lowest BCUT2D eigenvalue weighted by Crippen LogP contribution is -2.31. The van der Waals surface area contributed by atoms with Crippen LogP contribution in [0, 0.1) is 0 Å². The van der Waals surface area contributed by atoms with Gasteiger partial charge >= 0.3 is 0 Å². The minimum atomic E-state index is 0.455. The highest BCUT2D eigenvalue weighted by Gasteiger charge is 2.06. The van der Waals surface area contributed by atoms with Crippen molar-refractivity contribution < 1.29 is 4.74 Å². The van der Waals surface area contributed by atoms with E-state index in [0.29, 0.717) is 6.04 Å². The maximum Gasteiger partial charge on any atom is 0.168 e. The van der Waals surface area contributed by atoms with Gasteiger partial charge < -0.3 is 15.0 Å². The zero-order valence-corrected chi connectivity index (χ0v) is 9.82. The van der Waals surface area contributed by atoms with E-state index >= 15 is 0 Å². The molecule has 1 N–H and O–H groups in total. The Morgan fingerprint density at radius 3 is 2.87 bits per heavy atom. The van der Waals surface area contributed by atoms with Crippen LogP contribution in [-0.4, -0.2) is 43.7 Å². The number of anilines is 1. The van der Waals surface area contributed by atoms with Crippen molar-refractivity contribution in [3.8, 4) is 5.75 Å². The van der Waals surface area contributed by atoms with Crippen LogP contribution < -0.4 is 10.1 Å². The van der Waals surface area contributed by atoms with Crippen molar-refractivity contribution in [2.24, 2.45) is 0 Å². The molecule has 1 atom stereocenters. The zero-order chi connectivity index (χ0) is 11.3. The third-order valence-electron chi connectivity index (χ3n) is 2.44. The Morgan fingerprint density at radius 2 is 2.27 bits per heavy atom. The van der Waals surface area contributed by atoms with Crippen molar-refractivity contribution in [1.29, 1.82) is 0 Å². The molecule has 0 aliphatic heterocycles. The second kappa shape index (κ2) is 5.56. The molecule has 0 aromatic carbocycles. The van der Waals surface area contributed by atoms with E-state index in [1.54, 1.807) is 13.3 Å². The van der Waals surface area contributed by atoms with Crippen LogP contribution in [0.4, 0.5) is 5.82 Å². The SMILES string of the molecule is COc1cccnc1NCC(C)N(C)C. The van der Waals surface area contributed by atoms with Gasteiger partial charge in [-0.25, -0.2) is 4.98 Å². The normalized spacial score (nSPS) is 12.6. The van der Waals surface area contributed by atoms with Crippen LogP contribution in [0.5, 0.6) is 5.75 Å². The quantitative estimate of drug-likeness (QED) is 0.796. The fourth-order valence-corrected chi connectivity index (χ4v) is 1.11. The predicted molar refractivity (Wildman–Crippen MR) is 62.4 cm³/mol. The van der Waals surface area contributed by atoms with Crippen LogP contribution >= 0.6 is 0 Å². The summed E-state index contributed by atoms with van der Waals surface area (Å²) in [5.74, 6) is 1.58. The zero-order valence-electron chi connectivity index (χ0n) is 9.82. The Morgan fingerprint density at radius 1 is 1.53 bits per heavy atom. The summed E-state index contributed by atoms with van der Waals surface area (Å²) < 4.78 is 5.20. The van der Waals surface area contributed by atoms with Crippen molar-refractivity contribution in [2.75, 3.05) is 33.1 Å². The van der Waals surface area contributed by atoms with Crippen LogP contribution in [0.15, 0.2) is 18.3 Å². The summed E-state index contributed by atoms with van der Waals surface area (Å²) in [6.07, 6.45) is 1.76. The second-order valence-electron chi connectivity index (χ2n) is 3.75. The summed E-state index contributed by atoms with van der Waals surface area (Å²) in [6.45, 7) is 3.00. The number of nitrogens with zero attached hydrogens (tertiary/aromatic N) is 2. The Bertz CT molecular complexity index is 302. The third-order valence-corrected chi connectivity index (χ3v) is 2.44. The highest BCUT2D eigenvalue weighted by molar-refractivity contribution is 5.49. The van der Waals surface area contributed by atoms with Gasteiger partial charge in [-0.15, -0.1) is 0 Å². The van der Waals surface area contributed by atoms with Crippen molar-refractivity contribution in [1.82, 2.24) is 9.88 Å². The number of nitrogens with one attached hydrogen (secondary N) is 1. The van der Waals surface area contributed by atoms with E-state index in [2.05, 4.69) is 36.2 Å². The van der Waals surface area contributed by atoms with Gasteiger partial charge in [-0.05, 0) is 33.2 Å². The standard InChI is InChI=1S/C11H19N3O/c1-9(14(2)3)8-13-11-10(15-4)6-5-7-12-11/h5-7,9H,8H2,1-4H3,(H,12,13). The summed E-state index contributed by atoms with van der Waals surface area (Å²) in [6, 6.07) is 4.21. The molecular weight excluding hydrogens is 190 g/mol. The first kappa shape index (κ1) is 11.8. The van der Waals surface area contributed by atoms with Crippen LogP contribution in [0.25, 0.3) is 0 Å². The summed E-state index contributed by atoms with van der Waals surface area (Å²) in [4.78, 5) is 6.38. The molecular formula is C11H19N3O. The van der Waals surface area contributed by atoms with Crippen LogP contribution in [-0.2, 0) is 0 Å². The third kappa shape index (κ3) is 3.40. The average molecular weight is 209 g/mol. The van der Waals surface area contributed by atoms with Crippen LogP contribution in [0.3, 0.4) is 0 Å². The average Bonchev–Trinajstić information content (AvgIpc) is 2.26. The number of hydrogen-bond acceptors (Lipinski definition) is 4. The summed E-state index contributed by atoms with van der Waals surface area (Å²) in [5.41, 5.74) is 0. The molecule has 0 spiro atoms. The van der Waals surface area contributed by atoms with Gasteiger partial charge in [-0.2, -0.15) is 0 Å². The van der Waals surface area contributed by atoms with Crippen molar-refractivity contribution in [3.05, 3.63) is 18.3 Å². The van der Waals surface area contributed by atoms with E-state index in [1.807, 2.05) is 12.1 Å². The number of pyridine rings is 1. The molecule has 15 heavy (non-hydrogen) atoms. The monoisotopic (exact) mass is 209 g/mol. The van der Waals surface area contributed by atoms with Crippen molar-refractivity contribution in [2.45, 2.75) is 13.0 Å². The number of ether oxygens (including phenoxy) is 1. The van der Waals surface area contributed by atoms with Gasteiger partial charge in [0.2, 0.25) is 0 Å². The molecule has 1 rings (SSSR count). The topological polar surface area (TPSA) is 37.4 Å². The maximum atomic E-state index is 5.20. The lowest BCUT2D eigenvalue weighted by molar-refractivity contribution is 0.325. The summed E-state index contributed by atoms with van der Waals surface area (Å²) >= 11 is 0. The smallest absolute Gasteiger partial charge is 0.168 e. The highest BCUT2D eigenvalue weighted by Crippen LogP contribution is 2.19. The van der Waals surface area contributed by atoms with E-state index in [0.717, 1.165) is 18.1 Å². The summed E-state index contributed by atoms with van der Waals surface area (Å²) in [7, 11) is 5.77. The molecule has 1 unspecified atom stereocenters. The Kier molecular flexibility index (Phi) is 4.37. The maximum absolute atomic E-state index is 5.20. The number of rotatable bonds is 5. The number of aromatic nitrogens is 1. The minimum absolute atomic E-state index is 0.455. The Hall–Kier alpha value is -1.29. The van der Waals surface area contributed by atoms with Gasteiger partial charge in [-0.1, -0.05) is 0 Å². The minimum Gasteiger partial charge on any atom is -0.493 e. The fraction of sp³-hybridized carbons (Fsp3) is 0.545. The number of methoxy groups -OCH3 is 1. The van der Waals surface area contributed by atoms with Crippen molar-refractivity contribution in [3.63, 3.8) is 0 Å². The van der Waals surface area contributed by atoms with Gasteiger partial charge in [0.25, 0.3) is 0 Å². The van der Waals surface area contributed by atoms with Gasteiger partial charge in [0.1, 0.15) is 0 Å². The first-order chi connectivity index (χ1) is 7.15. The largest absolute Gasteiger partial charge is 0.493 e. The van der Waals surface area contributed by atoms with E-state index in [4.69, 9.17) is 4.74 Å². The van der Waals surface area contributed by atoms with Gasteiger partial charge in [0.05, 0.1) is 7.11 Å². The molecule has 4 heteroatoms. The second-order valence-corrected chi connectivity index (χ2v) is 3.75. The summed E-state index contributed by atoms with van der Waals surface area (Å²) in [5, 5.41) is 3.27. The lowest BCUT2D eigenvalue weighted by atomic mass is 10.3. The molecule has 1 heterocycles. The Balaban J connectivity index is 2.57. The fourth-order valence-electron chi connectivity index (χ4n) is 1.11. The molecule has 0 fully saturated rings. The molecule has 0 aliphatic carbocycles. The molecule has 0 amide bonds. The number of likely N-dealkylation sites (N-methyl/N-ethyl adjacent to an activating group) is 1. The molecule has 0 saturated heterocycles. The first-order valence-electron chi connectivity index (χ1n) is 5.04. The van der Waals surface area contributed by atoms with Crippen LogP contribution in [0.2, 0.25) is 0 Å². The van der Waals surface area contributed by atoms with E-state index in [9.17, 15) is 0 Å². The van der Waals surface area contributed by atoms with Gasteiger partial charge in [-0.3, -0.25) is 0 Å².